The van der Waals surface area contributed by atoms with E-state index in [1.807, 2.05) is 6.07 Å². The second kappa shape index (κ2) is 5.25. The summed E-state index contributed by atoms with van der Waals surface area (Å²) in [5, 5.41) is 2.16. The molecule has 1 aromatic rings. The van der Waals surface area contributed by atoms with Crippen LogP contribution >= 0.6 is 0 Å². The molecule has 0 heterocycles. The average molecular weight is 273 g/mol. The lowest BCUT2D eigenvalue weighted by molar-refractivity contribution is -0.121. The first-order valence-electron chi connectivity index (χ1n) is 7.08. The summed E-state index contributed by atoms with van der Waals surface area (Å²) >= 11 is 0. The van der Waals surface area contributed by atoms with E-state index in [9.17, 15) is 9.59 Å². The van der Waals surface area contributed by atoms with Crippen molar-refractivity contribution in [1.82, 2.24) is 10.2 Å². The minimum atomic E-state index is -0.780. The summed E-state index contributed by atoms with van der Waals surface area (Å²) in [5.74, 6) is -0.311. The van der Waals surface area contributed by atoms with Gasteiger partial charge in [0.05, 0.1) is 6.54 Å². The summed E-state index contributed by atoms with van der Waals surface area (Å²) < 4.78 is 0. The first-order valence-corrected chi connectivity index (χ1v) is 7.08. The Hall–Kier alpha value is -1.88. The second-order valence-electron chi connectivity index (χ2n) is 5.57. The fraction of sp³-hybridized carbons (Fsp3) is 0.467. The fourth-order valence-electron chi connectivity index (χ4n) is 3.12. The second-order valence-corrected chi connectivity index (χ2v) is 5.57. The number of aryl methyl sites for hydroxylation is 1. The highest BCUT2D eigenvalue weighted by atomic mass is 16.2. The van der Waals surface area contributed by atoms with Gasteiger partial charge < -0.3 is 5.73 Å². The van der Waals surface area contributed by atoms with E-state index in [0.29, 0.717) is 6.04 Å². The van der Waals surface area contributed by atoms with Gasteiger partial charge in [0.2, 0.25) is 5.91 Å². The maximum atomic E-state index is 11.8. The highest BCUT2D eigenvalue weighted by molar-refractivity contribution is 5.94. The summed E-state index contributed by atoms with van der Waals surface area (Å²) in [6.45, 7) is 0.243. The highest BCUT2D eigenvalue weighted by Gasteiger charge is 2.38. The number of hydrogen-bond donors (Lipinski definition) is 2. The van der Waals surface area contributed by atoms with Crippen LogP contribution in [0.1, 0.15) is 36.4 Å². The number of carbonyl (C=O) groups excluding carboxylic acids is 2. The van der Waals surface area contributed by atoms with Crippen molar-refractivity contribution in [2.45, 2.75) is 37.8 Å². The molecule has 1 saturated carbocycles. The molecule has 1 aromatic carbocycles. The number of urea groups is 1. The molecule has 0 spiro atoms. The van der Waals surface area contributed by atoms with Gasteiger partial charge >= 0.3 is 6.03 Å². The quantitative estimate of drug-likeness (QED) is 0.869. The highest BCUT2D eigenvalue weighted by Crippen LogP contribution is 2.41. The molecule has 3 amide bonds. The zero-order valence-corrected chi connectivity index (χ0v) is 11.3. The molecule has 20 heavy (non-hydrogen) atoms. The van der Waals surface area contributed by atoms with Gasteiger partial charge in [-0.15, -0.1) is 0 Å². The lowest BCUT2D eigenvalue weighted by Gasteiger charge is -2.28. The Morgan fingerprint density at radius 1 is 1.25 bits per heavy atom. The Balaban J connectivity index is 1.75. The number of fused-ring (bicyclic) bond motifs is 1. The van der Waals surface area contributed by atoms with Gasteiger partial charge in [0, 0.05) is 12.1 Å². The lowest BCUT2D eigenvalue weighted by Crippen LogP contribution is -2.44. The van der Waals surface area contributed by atoms with Crippen LogP contribution in [-0.2, 0) is 11.2 Å². The minimum absolute atomic E-state index is 0.243. The number of hydrogen-bond acceptors (Lipinski definition) is 3. The van der Waals surface area contributed by atoms with Gasteiger partial charge in [-0.2, -0.15) is 0 Å². The number of amides is 3. The molecule has 0 bridgehead atoms. The van der Waals surface area contributed by atoms with Crippen molar-refractivity contribution in [3.05, 3.63) is 35.4 Å². The predicted octanol–water partition coefficient (Wildman–Crippen LogP) is 1.33. The zero-order valence-electron chi connectivity index (χ0n) is 11.3. The molecule has 1 atom stereocenters. The Labute approximate surface area is 118 Å². The maximum Gasteiger partial charge on any atom is 0.318 e. The molecule has 2 aliphatic carbocycles. The van der Waals surface area contributed by atoms with Crippen LogP contribution in [0.5, 0.6) is 0 Å². The number of nitrogens with one attached hydrogen (secondary N) is 1. The molecule has 3 rings (SSSR count). The van der Waals surface area contributed by atoms with Crippen LogP contribution in [0.3, 0.4) is 0 Å². The summed E-state index contributed by atoms with van der Waals surface area (Å²) in [6, 6.07) is 8.38. The molecular weight excluding hydrogens is 254 g/mol. The molecule has 2 aliphatic rings. The molecule has 0 unspecified atom stereocenters. The molecule has 106 valence electrons. The van der Waals surface area contributed by atoms with Gasteiger partial charge in [0.25, 0.3) is 0 Å². The van der Waals surface area contributed by atoms with Gasteiger partial charge in [-0.25, -0.2) is 4.79 Å². The van der Waals surface area contributed by atoms with Crippen LogP contribution in [-0.4, -0.2) is 29.4 Å². The van der Waals surface area contributed by atoms with Crippen molar-refractivity contribution >= 4 is 11.9 Å². The Morgan fingerprint density at radius 2 is 2.00 bits per heavy atom. The van der Waals surface area contributed by atoms with Crippen molar-refractivity contribution in [3.63, 3.8) is 0 Å². The first kappa shape index (κ1) is 13.1. The van der Waals surface area contributed by atoms with Crippen LogP contribution in [0.4, 0.5) is 4.79 Å². The van der Waals surface area contributed by atoms with Gasteiger partial charge in [0.1, 0.15) is 0 Å². The third kappa shape index (κ3) is 2.67. The lowest BCUT2D eigenvalue weighted by atomic mass is 10.1. The van der Waals surface area contributed by atoms with Gasteiger partial charge in [-0.1, -0.05) is 24.3 Å². The number of benzene rings is 1. The number of nitrogens with zero attached hydrogens (tertiary/aromatic N) is 1. The average Bonchev–Trinajstić information content (AvgIpc) is 3.15. The number of imide groups is 1. The van der Waals surface area contributed by atoms with Crippen molar-refractivity contribution in [2.75, 3.05) is 6.54 Å². The topological polar surface area (TPSA) is 75.4 Å². The molecule has 0 aliphatic heterocycles. The smallest absolute Gasteiger partial charge is 0.318 e. The predicted molar refractivity (Wildman–Crippen MR) is 75.0 cm³/mol. The van der Waals surface area contributed by atoms with Gasteiger partial charge in [-0.3, -0.25) is 15.0 Å². The molecule has 5 heteroatoms. The van der Waals surface area contributed by atoms with Crippen LogP contribution in [0.2, 0.25) is 0 Å². The van der Waals surface area contributed by atoms with E-state index in [2.05, 4.69) is 28.4 Å². The number of carbonyl (C=O) groups is 2. The summed E-state index contributed by atoms with van der Waals surface area (Å²) in [5.41, 5.74) is 7.70. The molecule has 0 radical (unpaired) electrons. The van der Waals surface area contributed by atoms with Crippen molar-refractivity contribution in [1.29, 1.82) is 0 Å². The summed E-state index contributed by atoms with van der Waals surface area (Å²) in [7, 11) is 0. The normalized spacial score (nSPS) is 20.8. The largest absolute Gasteiger partial charge is 0.351 e. The van der Waals surface area contributed by atoms with Crippen LogP contribution in [0.25, 0.3) is 0 Å². The van der Waals surface area contributed by atoms with Crippen molar-refractivity contribution < 1.29 is 9.59 Å². The van der Waals surface area contributed by atoms with E-state index in [0.717, 1.165) is 25.7 Å². The summed E-state index contributed by atoms with van der Waals surface area (Å²) in [4.78, 5) is 24.8. The monoisotopic (exact) mass is 273 g/mol. The van der Waals surface area contributed by atoms with E-state index in [1.165, 1.54) is 11.1 Å². The van der Waals surface area contributed by atoms with Crippen LogP contribution in [0, 0.1) is 0 Å². The van der Waals surface area contributed by atoms with Gasteiger partial charge in [-0.05, 0) is 36.8 Å². The van der Waals surface area contributed by atoms with E-state index < -0.39 is 6.03 Å². The van der Waals surface area contributed by atoms with E-state index in [-0.39, 0.29) is 18.5 Å². The zero-order chi connectivity index (χ0) is 14.1. The van der Waals surface area contributed by atoms with E-state index in [1.54, 1.807) is 0 Å². The molecule has 0 aromatic heterocycles. The molecule has 3 N–H and O–H groups in total. The van der Waals surface area contributed by atoms with E-state index in [4.69, 9.17) is 5.73 Å². The minimum Gasteiger partial charge on any atom is -0.351 e. The first-order chi connectivity index (χ1) is 9.65. The van der Waals surface area contributed by atoms with E-state index >= 15 is 0 Å². The Kier molecular flexibility index (Phi) is 3.44. The standard InChI is InChI=1S/C15H19N3O2/c16-15(20)17-14(19)9-18(11-6-7-11)13-8-5-10-3-1-2-4-12(10)13/h1-4,11,13H,5-9H2,(H3,16,17,19,20)/t13-/m1/s1. The van der Waals surface area contributed by atoms with Crippen molar-refractivity contribution in [2.24, 2.45) is 5.73 Å². The maximum absolute atomic E-state index is 11.8. The van der Waals surface area contributed by atoms with Crippen molar-refractivity contribution in [3.8, 4) is 0 Å². The third-order valence-electron chi connectivity index (χ3n) is 4.11. The third-order valence-corrected chi connectivity index (χ3v) is 4.11. The van der Waals surface area contributed by atoms with Crippen LogP contribution < -0.4 is 11.1 Å². The number of rotatable bonds is 4. The van der Waals surface area contributed by atoms with Crippen LogP contribution in [0.15, 0.2) is 24.3 Å². The fourth-order valence-corrected chi connectivity index (χ4v) is 3.12. The molecule has 0 saturated heterocycles. The van der Waals surface area contributed by atoms with Gasteiger partial charge in [0.15, 0.2) is 0 Å². The SMILES string of the molecule is NC(=O)NC(=O)CN(C1CC1)[C@@H]1CCc2ccccc21. The molecule has 5 nitrogen and oxygen atoms in total. The number of nitrogens with two attached hydrogens (primary N) is 1. The Bertz CT molecular complexity index is 540. The summed E-state index contributed by atoms with van der Waals surface area (Å²) in [6.07, 6.45) is 4.35. The molecular formula is C15H19N3O2. The molecule has 1 fully saturated rings. The number of primary amides is 1. The Morgan fingerprint density at radius 3 is 2.70 bits per heavy atom.